The zero-order valence-electron chi connectivity index (χ0n) is 8.78. The lowest BCUT2D eigenvalue weighted by Gasteiger charge is -1.94. The van der Waals surface area contributed by atoms with Gasteiger partial charge in [-0.25, -0.2) is 0 Å². The van der Waals surface area contributed by atoms with E-state index in [-0.39, 0.29) is 5.75 Å². The molecule has 0 bridgehead atoms. The van der Waals surface area contributed by atoms with Crippen LogP contribution < -0.4 is 0 Å². The average molecular weight is 220 g/mol. The van der Waals surface area contributed by atoms with Gasteiger partial charge in [-0.1, -0.05) is 31.9 Å². The first-order chi connectivity index (χ1) is 6.56. The summed E-state index contributed by atoms with van der Waals surface area (Å²) in [6, 6.07) is 0. The molecule has 0 spiro atoms. The minimum atomic E-state index is -3.76. The number of rotatable bonds is 8. The van der Waals surface area contributed by atoms with Crippen molar-refractivity contribution >= 4 is 10.1 Å². The fraction of sp³-hybridized carbons (Fsp3) is 0.800. The monoisotopic (exact) mass is 220 g/mol. The van der Waals surface area contributed by atoms with Gasteiger partial charge >= 0.3 is 0 Å². The van der Waals surface area contributed by atoms with Crippen LogP contribution in [0.1, 0.15) is 45.4 Å². The molecule has 0 saturated heterocycles. The molecular formula is C10H20O3S. The van der Waals surface area contributed by atoms with Crippen molar-refractivity contribution in [1.82, 2.24) is 0 Å². The van der Waals surface area contributed by atoms with Crippen molar-refractivity contribution in [2.24, 2.45) is 0 Å². The summed E-state index contributed by atoms with van der Waals surface area (Å²) in [7, 11) is -3.76. The van der Waals surface area contributed by atoms with Gasteiger partial charge in [-0.3, -0.25) is 4.55 Å². The van der Waals surface area contributed by atoms with Gasteiger partial charge in [-0.05, 0) is 25.7 Å². The van der Waals surface area contributed by atoms with Crippen molar-refractivity contribution in [2.75, 3.05) is 5.75 Å². The third-order valence-electron chi connectivity index (χ3n) is 1.91. The topological polar surface area (TPSA) is 54.4 Å². The maximum Gasteiger partial charge on any atom is 0.264 e. The molecule has 0 rings (SSSR count). The van der Waals surface area contributed by atoms with E-state index in [2.05, 4.69) is 13.0 Å². The quantitative estimate of drug-likeness (QED) is 0.389. The van der Waals surface area contributed by atoms with Gasteiger partial charge in [0.25, 0.3) is 10.1 Å². The lowest BCUT2D eigenvalue weighted by atomic mass is 10.2. The predicted molar refractivity (Wildman–Crippen MR) is 58.9 cm³/mol. The minimum Gasteiger partial charge on any atom is -0.286 e. The van der Waals surface area contributed by atoms with Gasteiger partial charge in [0.05, 0.1) is 5.75 Å². The van der Waals surface area contributed by atoms with E-state index in [1.165, 1.54) is 19.3 Å². The van der Waals surface area contributed by atoms with E-state index in [1.807, 2.05) is 6.08 Å². The highest BCUT2D eigenvalue weighted by Crippen LogP contribution is 2.01. The van der Waals surface area contributed by atoms with Crippen LogP contribution in [0, 0.1) is 0 Å². The van der Waals surface area contributed by atoms with Gasteiger partial charge in [-0.2, -0.15) is 8.42 Å². The fourth-order valence-corrected chi connectivity index (χ4v) is 1.66. The summed E-state index contributed by atoms with van der Waals surface area (Å²) in [5.74, 6) is -0.133. The van der Waals surface area contributed by atoms with Crippen LogP contribution in [0.2, 0.25) is 0 Å². The maximum atomic E-state index is 10.3. The average Bonchev–Trinajstić information content (AvgIpc) is 2.08. The van der Waals surface area contributed by atoms with Crippen LogP contribution in [0.15, 0.2) is 12.2 Å². The summed E-state index contributed by atoms with van der Waals surface area (Å²) in [5, 5.41) is 0. The van der Waals surface area contributed by atoms with Crippen molar-refractivity contribution in [2.45, 2.75) is 45.4 Å². The van der Waals surface area contributed by atoms with Gasteiger partial charge in [0, 0.05) is 0 Å². The summed E-state index contributed by atoms with van der Waals surface area (Å²) < 4.78 is 29.1. The van der Waals surface area contributed by atoms with Gasteiger partial charge in [0.2, 0.25) is 0 Å². The zero-order chi connectivity index (χ0) is 10.9. The molecule has 4 heteroatoms. The van der Waals surface area contributed by atoms with Crippen LogP contribution in [0.4, 0.5) is 0 Å². The van der Waals surface area contributed by atoms with Crippen molar-refractivity contribution in [1.29, 1.82) is 0 Å². The molecule has 84 valence electrons. The van der Waals surface area contributed by atoms with Crippen LogP contribution in [0.3, 0.4) is 0 Å². The zero-order valence-corrected chi connectivity index (χ0v) is 9.59. The Labute approximate surface area is 87.0 Å². The predicted octanol–water partition coefficient (Wildman–Crippen LogP) is 2.79. The molecule has 0 heterocycles. The molecule has 0 atom stereocenters. The second kappa shape index (κ2) is 8.00. The Bertz CT molecular complexity index is 242. The third-order valence-corrected chi connectivity index (χ3v) is 2.72. The minimum absolute atomic E-state index is 0.133. The highest BCUT2D eigenvalue weighted by molar-refractivity contribution is 7.85. The molecular weight excluding hydrogens is 200 g/mol. The molecule has 1 N–H and O–H groups in total. The molecule has 0 aromatic heterocycles. The van der Waals surface area contributed by atoms with Crippen LogP contribution in [0.25, 0.3) is 0 Å². The van der Waals surface area contributed by atoms with Crippen LogP contribution >= 0.6 is 0 Å². The smallest absolute Gasteiger partial charge is 0.264 e. The molecule has 0 aliphatic carbocycles. The molecule has 0 aliphatic heterocycles. The standard InChI is InChI=1S/C10H20O3S/c1-2-3-4-5-6-7-8-9-10-14(11,12)13/h6-7H,2-5,8-10H2,1H3,(H,11,12,13). The van der Waals surface area contributed by atoms with Crippen molar-refractivity contribution in [3.8, 4) is 0 Å². The SMILES string of the molecule is CCCCCC=CCCCS(=O)(=O)O. The fourth-order valence-electron chi connectivity index (χ4n) is 1.13. The molecule has 0 radical (unpaired) electrons. The van der Waals surface area contributed by atoms with E-state index in [4.69, 9.17) is 4.55 Å². The first-order valence-corrected chi connectivity index (χ1v) is 6.77. The van der Waals surface area contributed by atoms with Crippen molar-refractivity contribution in [3.63, 3.8) is 0 Å². The van der Waals surface area contributed by atoms with E-state index in [1.54, 1.807) is 0 Å². The lowest BCUT2D eigenvalue weighted by Crippen LogP contribution is -2.02. The molecule has 0 aliphatic rings. The second-order valence-corrected chi connectivity index (χ2v) is 4.97. The first kappa shape index (κ1) is 13.7. The molecule has 0 aromatic carbocycles. The van der Waals surface area contributed by atoms with Gasteiger partial charge in [0.15, 0.2) is 0 Å². The summed E-state index contributed by atoms with van der Waals surface area (Å²) in [6.45, 7) is 2.16. The maximum absolute atomic E-state index is 10.3. The first-order valence-electron chi connectivity index (χ1n) is 5.16. The Morgan fingerprint density at radius 2 is 1.64 bits per heavy atom. The Balaban J connectivity index is 3.28. The van der Waals surface area contributed by atoms with Gasteiger partial charge < -0.3 is 0 Å². The second-order valence-electron chi connectivity index (χ2n) is 3.40. The molecule has 0 fully saturated rings. The molecule has 14 heavy (non-hydrogen) atoms. The van der Waals surface area contributed by atoms with Crippen LogP contribution in [-0.2, 0) is 10.1 Å². The Kier molecular flexibility index (Phi) is 7.80. The Hall–Kier alpha value is -0.350. The van der Waals surface area contributed by atoms with Crippen LogP contribution in [-0.4, -0.2) is 18.7 Å². The van der Waals surface area contributed by atoms with Gasteiger partial charge in [-0.15, -0.1) is 0 Å². The number of hydrogen-bond acceptors (Lipinski definition) is 2. The van der Waals surface area contributed by atoms with E-state index < -0.39 is 10.1 Å². The Morgan fingerprint density at radius 3 is 2.14 bits per heavy atom. The molecule has 0 amide bonds. The molecule has 0 aromatic rings. The van der Waals surface area contributed by atoms with Gasteiger partial charge in [0.1, 0.15) is 0 Å². The van der Waals surface area contributed by atoms with Crippen molar-refractivity contribution in [3.05, 3.63) is 12.2 Å². The van der Waals surface area contributed by atoms with Crippen molar-refractivity contribution < 1.29 is 13.0 Å². The Morgan fingerprint density at radius 1 is 1.07 bits per heavy atom. The number of allylic oxidation sites excluding steroid dienone is 2. The normalized spacial score (nSPS) is 12.4. The number of unbranched alkanes of at least 4 members (excludes halogenated alkanes) is 4. The summed E-state index contributed by atoms with van der Waals surface area (Å²) in [6.07, 6.45) is 10.0. The number of hydrogen-bond donors (Lipinski definition) is 1. The molecule has 0 saturated carbocycles. The summed E-state index contributed by atoms with van der Waals surface area (Å²) in [5.41, 5.74) is 0. The largest absolute Gasteiger partial charge is 0.286 e. The van der Waals surface area contributed by atoms with Crippen LogP contribution in [0.5, 0.6) is 0 Å². The lowest BCUT2D eigenvalue weighted by molar-refractivity contribution is 0.481. The van der Waals surface area contributed by atoms with E-state index in [0.717, 1.165) is 12.8 Å². The highest BCUT2D eigenvalue weighted by atomic mass is 32.2. The molecule has 3 nitrogen and oxygen atoms in total. The molecule has 0 unspecified atom stereocenters. The van der Waals surface area contributed by atoms with E-state index >= 15 is 0 Å². The van der Waals surface area contributed by atoms with E-state index in [9.17, 15) is 8.42 Å². The third kappa shape index (κ3) is 11.6. The highest BCUT2D eigenvalue weighted by Gasteiger charge is 2.01. The summed E-state index contributed by atoms with van der Waals surface area (Å²) >= 11 is 0. The van der Waals surface area contributed by atoms with E-state index in [0.29, 0.717) is 6.42 Å². The summed E-state index contributed by atoms with van der Waals surface area (Å²) in [4.78, 5) is 0.